The van der Waals surface area contributed by atoms with E-state index in [4.69, 9.17) is 0 Å². The highest BCUT2D eigenvalue weighted by Gasteiger charge is 2.13. The number of benzene rings is 1. The van der Waals surface area contributed by atoms with Gasteiger partial charge in [-0.15, -0.1) is 0 Å². The molecule has 1 fully saturated rings. The van der Waals surface area contributed by atoms with Crippen LogP contribution in [-0.2, 0) is 4.79 Å². The minimum atomic E-state index is 0.235. The van der Waals surface area contributed by atoms with Crippen LogP contribution in [0.3, 0.4) is 0 Å². The summed E-state index contributed by atoms with van der Waals surface area (Å²) in [6.45, 7) is 0. The molecule has 0 saturated heterocycles. The number of para-hydroxylation sites is 1. The van der Waals surface area contributed by atoms with E-state index in [0.717, 1.165) is 18.0 Å². The van der Waals surface area contributed by atoms with Crippen LogP contribution in [0.15, 0.2) is 30.3 Å². The predicted molar refractivity (Wildman–Crippen MR) is 89.5 cm³/mol. The minimum absolute atomic E-state index is 0.235. The number of anilines is 1. The fraction of sp³-hybridized carbons (Fsp3) is 0.632. The van der Waals surface area contributed by atoms with Crippen LogP contribution in [0.25, 0.3) is 0 Å². The Morgan fingerprint density at radius 2 is 1.76 bits per heavy atom. The molecule has 1 amide bonds. The van der Waals surface area contributed by atoms with Crippen molar-refractivity contribution < 1.29 is 4.79 Å². The van der Waals surface area contributed by atoms with Gasteiger partial charge >= 0.3 is 0 Å². The second-order valence-electron chi connectivity index (χ2n) is 6.39. The number of nitrogens with zero attached hydrogens (tertiary/aromatic N) is 1. The molecule has 0 N–H and O–H groups in total. The van der Waals surface area contributed by atoms with Crippen LogP contribution < -0.4 is 4.90 Å². The maximum absolute atomic E-state index is 12.1. The number of rotatable bonds is 7. The third kappa shape index (κ3) is 5.53. The second kappa shape index (κ2) is 8.86. The summed E-state index contributed by atoms with van der Waals surface area (Å²) in [4.78, 5) is 13.9. The highest BCUT2D eigenvalue weighted by atomic mass is 16.2. The van der Waals surface area contributed by atoms with Crippen LogP contribution in [0.2, 0.25) is 0 Å². The van der Waals surface area contributed by atoms with Crippen molar-refractivity contribution in [2.75, 3.05) is 11.9 Å². The van der Waals surface area contributed by atoms with E-state index in [1.54, 1.807) is 4.90 Å². The maximum Gasteiger partial charge on any atom is 0.226 e. The van der Waals surface area contributed by atoms with Crippen LogP contribution in [0.4, 0.5) is 5.69 Å². The molecular formula is C19H29NO. The van der Waals surface area contributed by atoms with Gasteiger partial charge in [-0.1, -0.05) is 69.6 Å². The minimum Gasteiger partial charge on any atom is -0.316 e. The van der Waals surface area contributed by atoms with Gasteiger partial charge in [0.2, 0.25) is 5.91 Å². The zero-order valence-corrected chi connectivity index (χ0v) is 13.4. The molecule has 0 spiro atoms. The summed E-state index contributed by atoms with van der Waals surface area (Å²) in [5.41, 5.74) is 0.990. The summed E-state index contributed by atoms with van der Waals surface area (Å²) < 4.78 is 0. The molecule has 0 atom stereocenters. The van der Waals surface area contributed by atoms with Gasteiger partial charge in [-0.05, 0) is 24.5 Å². The van der Waals surface area contributed by atoms with Gasteiger partial charge in [-0.25, -0.2) is 0 Å². The van der Waals surface area contributed by atoms with Gasteiger partial charge in [0.1, 0.15) is 0 Å². The highest BCUT2D eigenvalue weighted by molar-refractivity contribution is 5.92. The van der Waals surface area contributed by atoms with Crippen molar-refractivity contribution in [3.63, 3.8) is 0 Å². The lowest BCUT2D eigenvalue weighted by Gasteiger charge is -2.21. The lowest BCUT2D eigenvalue weighted by Crippen LogP contribution is -2.25. The fourth-order valence-corrected chi connectivity index (χ4v) is 3.33. The van der Waals surface area contributed by atoms with E-state index in [0.29, 0.717) is 6.42 Å². The molecule has 0 heterocycles. The van der Waals surface area contributed by atoms with E-state index < -0.39 is 0 Å². The third-order valence-electron chi connectivity index (χ3n) is 4.75. The van der Waals surface area contributed by atoms with Gasteiger partial charge in [0.25, 0.3) is 0 Å². The predicted octanol–water partition coefficient (Wildman–Crippen LogP) is 5.18. The average molecular weight is 287 g/mol. The molecule has 2 rings (SSSR count). The molecule has 0 aliphatic heterocycles. The maximum atomic E-state index is 12.1. The molecular weight excluding hydrogens is 258 g/mol. The summed E-state index contributed by atoms with van der Waals surface area (Å²) in [6.07, 6.45) is 12.8. The smallest absolute Gasteiger partial charge is 0.226 e. The molecule has 0 radical (unpaired) electrons. The molecule has 0 aromatic heterocycles. The zero-order chi connectivity index (χ0) is 14.9. The fourth-order valence-electron chi connectivity index (χ4n) is 3.33. The number of carbonyl (C=O) groups is 1. The largest absolute Gasteiger partial charge is 0.316 e. The van der Waals surface area contributed by atoms with Gasteiger partial charge < -0.3 is 4.90 Å². The van der Waals surface area contributed by atoms with E-state index in [2.05, 4.69) is 0 Å². The van der Waals surface area contributed by atoms with Gasteiger partial charge in [-0.3, -0.25) is 4.79 Å². The Morgan fingerprint density at radius 1 is 1.05 bits per heavy atom. The van der Waals surface area contributed by atoms with E-state index in [9.17, 15) is 4.79 Å². The van der Waals surface area contributed by atoms with Crippen molar-refractivity contribution in [1.82, 2.24) is 0 Å². The standard InChI is InChI=1S/C19H29NO/c1-20(18-14-8-4-9-15-18)19(21)16-10-3-7-13-17-11-5-2-6-12-17/h4,8-9,14-15,17H,2-3,5-7,10-13,16H2,1H3. The summed E-state index contributed by atoms with van der Waals surface area (Å²) in [5.74, 6) is 1.21. The number of amides is 1. The summed E-state index contributed by atoms with van der Waals surface area (Å²) >= 11 is 0. The SMILES string of the molecule is CN(C(=O)CCCCCC1CCCCC1)c1ccccc1. The molecule has 2 heteroatoms. The third-order valence-corrected chi connectivity index (χ3v) is 4.75. The number of hydrogen-bond donors (Lipinski definition) is 0. The summed E-state index contributed by atoms with van der Waals surface area (Å²) in [5, 5.41) is 0. The second-order valence-corrected chi connectivity index (χ2v) is 6.39. The first kappa shape index (κ1) is 16.1. The van der Waals surface area contributed by atoms with Crippen molar-refractivity contribution in [1.29, 1.82) is 0 Å². The number of carbonyl (C=O) groups excluding carboxylic acids is 1. The first-order valence-corrected chi connectivity index (χ1v) is 8.59. The average Bonchev–Trinajstić information content (AvgIpc) is 2.55. The Labute approximate surface area is 129 Å². The van der Waals surface area contributed by atoms with Crippen molar-refractivity contribution in [3.8, 4) is 0 Å². The Morgan fingerprint density at radius 3 is 2.48 bits per heavy atom. The van der Waals surface area contributed by atoms with Gasteiger partial charge in [0.15, 0.2) is 0 Å². The molecule has 0 bridgehead atoms. The summed E-state index contributed by atoms with van der Waals surface area (Å²) in [6, 6.07) is 9.90. The Kier molecular flexibility index (Phi) is 6.78. The van der Waals surface area contributed by atoms with E-state index in [1.807, 2.05) is 37.4 Å². The monoisotopic (exact) mass is 287 g/mol. The molecule has 1 aliphatic carbocycles. The number of hydrogen-bond acceptors (Lipinski definition) is 1. The Hall–Kier alpha value is -1.31. The molecule has 21 heavy (non-hydrogen) atoms. The molecule has 2 nitrogen and oxygen atoms in total. The first-order valence-electron chi connectivity index (χ1n) is 8.59. The quantitative estimate of drug-likeness (QED) is 0.633. The molecule has 1 aromatic carbocycles. The van der Waals surface area contributed by atoms with Crippen molar-refractivity contribution in [2.45, 2.75) is 64.2 Å². The van der Waals surface area contributed by atoms with Crippen LogP contribution in [0.5, 0.6) is 0 Å². The van der Waals surface area contributed by atoms with Gasteiger partial charge in [0, 0.05) is 19.2 Å². The topological polar surface area (TPSA) is 20.3 Å². The van der Waals surface area contributed by atoms with E-state index in [1.165, 1.54) is 51.4 Å². The van der Waals surface area contributed by atoms with Gasteiger partial charge in [0.05, 0.1) is 0 Å². The Bertz CT molecular complexity index is 409. The molecule has 1 aromatic rings. The van der Waals surface area contributed by atoms with Crippen LogP contribution in [0.1, 0.15) is 64.2 Å². The van der Waals surface area contributed by atoms with E-state index >= 15 is 0 Å². The molecule has 0 unspecified atom stereocenters. The Balaban J connectivity index is 1.58. The molecule has 1 aliphatic rings. The van der Waals surface area contributed by atoms with Crippen molar-refractivity contribution >= 4 is 11.6 Å². The van der Waals surface area contributed by atoms with Crippen molar-refractivity contribution in [3.05, 3.63) is 30.3 Å². The lowest BCUT2D eigenvalue weighted by atomic mass is 9.85. The summed E-state index contributed by atoms with van der Waals surface area (Å²) in [7, 11) is 1.87. The van der Waals surface area contributed by atoms with Crippen LogP contribution in [-0.4, -0.2) is 13.0 Å². The van der Waals surface area contributed by atoms with Gasteiger partial charge in [-0.2, -0.15) is 0 Å². The molecule has 1 saturated carbocycles. The van der Waals surface area contributed by atoms with Crippen LogP contribution in [0, 0.1) is 5.92 Å². The number of unbranched alkanes of at least 4 members (excludes halogenated alkanes) is 2. The zero-order valence-electron chi connectivity index (χ0n) is 13.4. The van der Waals surface area contributed by atoms with Crippen LogP contribution >= 0.6 is 0 Å². The highest BCUT2D eigenvalue weighted by Crippen LogP contribution is 2.28. The van der Waals surface area contributed by atoms with E-state index in [-0.39, 0.29) is 5.91 Å². The lowest BCUT2D eigenvalue weighted by molar-refractivity contribution is -0.118. The first-order chi connectivity index (χ1) is 10.3. The van der Waals surface area contributed by atoms with Crippen molar-refractivity contribution in [2.24, 2.45) is 5.92 Å². The molecule has 116 valence electrons. The normalized spacial score (nSPS) is 15.9.